The molecule has 7 heteroatoms. The Morgan fingerprint density at radius 3 is 1.69 bits per heavy atom. The lowest BCUT2D eigenvalue weighted by Crippen LogP contribution is -2.59. The number of carboxylic acids is 1. The minimum absolute atomic E-state index is 0.0906. The van der Waals surface area contributed by atoms with Gasteiger partial charge in [-0.15, -0.1) is 0 Å². The van der Waals surface area contributed by atoms with Crippen molar-refractivity contribution in [2.24, 2.45) is 5.73 Å². The molecule has 4 aromatic rings. The molecule has 1 atom stereocenters. The number of primary amides is 1. The number of carbonyl (C=O) groups excluding carboxylic acids is 2. The Kier molecular flexibility index (Phi) is 8.41. The molecule has 7 nitrogen and oxygen atoms in total. The fourth-order valence-electron chi connectivity index (χ4n) is 4.84. The van der Waals surface area contributed by atoms with E-state index in [2.05, 4.69) is 0 Å². The highest BCUT2D eigenvalue weighted by Gasteiger charge is 2.51. The van der Waals surface area contributed by atoms with Gasteiger partial charge in [-0.25, -0.2) is 9.59 Å². The number of amides is 2. The van der Waals surface area contributed by atoms with Crippen molar-refractivity contribution in [1.82, 2.24) is 4.90 Å². The lowest BCUT2D eigenvalue weighted by molar-refractivity contribution is -0.146. The van der Waals surface area contributed by atoms with Gasteiger partial charge >= 0.3 is 12.1 Å². The lowest BCUT2D eigenvalue weighted by atomic mass is 9.74. The summed E-state index contributed by atoms with van der Waals surface area (Å²) in [5.74, 6) is -2.24. The van der Waals surface area contributed by atoms with Gasteiger partial charge in [-0.1, -0.05) is 121 Å². The Labute approximate surface area is 227 Å². The monoisotopic (exact) mass is 522 g/mol. The SMILES string of the molecule is Cc1ccc(C(c2ccccc2)(c2ccccc2)N(C(=O)OCc2ccccc2)[C@@H](CC(N)=O)C(=O)O)cc1. The number of carbonyl (C=O) groups is 3. The average molecular weight is 523 g/mol. The molecule has 2 amide bonds. The average Bonchev–Trinajstić information content (AvgIpc) is 2.95. The standard InChI is InChI=1S/C32H30N2O5/c1-23-17-19-27(20-18-23)32(25-13-7-3-8-14-25,26-15-9-4-10-16-26)34(28(30(36)37)21-29(33)35)31(38)39-22-24-11-5-2-6-12-24/h2-20,28H,21-22H2,1H3,(H2,33,35)(H,36,37)/t28-/m0/s1. The molecule has 39 heavy (non-hydrogen) atoms. The molecule has 4 aromatic carbocycles. The normalized spacial score (nSPS) is 11.8. The van der Waals surface area contributed by atoms with E-state index in [9.17, 15) is 19.5 Å². The maximum atomic E-state index is 14.2. The Bertz CT molecular complexity index is 1370. The van der Waals surface area contributed by atoms with Gasteiger partial charge in [0.25, 0.3) is 0 Å². The second-order valence-corrected chi connectivity index (χ2v) is 9.24. The van der Waals surface area contributed by atoms with Crippen LogP contribution in [-0.4, -0.2) is 34.0 Å². The quantitative estimate of drug-likeness (QED) is 0.276. The van der Waals surface area contributed by atoms with Crippen molar-refractivity contribution in [2.75, 3.05) is 0 Å². The van der Waals surface area contributed by atoms with Crippen LogP contribution >= 0.6 is 0 Å². The minimum atomic E-state index is -1.63. The number of benzene rings is 4. The molecule has 0 aliphatic rings. The Morgan fingerprint density at radius 2 is 1.23 bits per heavy atom. The number of hydrogen-bond donors (Lipinski definition) is 2. The molecule has 0 unspecified atom stereocenters. The smallest absolute Gasteiger partial charge is 0.412 e. The maximum absolute atomic E-state index is 14.2. The highest BCUT2D eigenvalue weighted by molar-refractivity contribution is 5.87. The molecule has 0 saturated carbocycles. The first-order valence-electron chi connectivity index (χ1n) is 12.5. The molecule has 0 aliphatic heterocycles. The third kappa shape index (κ3) is 5.83. The first kappa shape index (κ1) is 27.1. The van der Waals surface area contributed by atoms with Crippen LogP contribution in [0.15, 0.2) is 115 Å². The van der Waals surface area contributed by atoms with E-state index in [0.717, 1.165) is 16.0 Å². The van der Waals surface area contributed by atoms with Gasteiger partial charge in [-0.2, -0.15) is 0 Å². The highest BCUT2D eigenvalue weighted by Crippen LogP contribution is 2.44. The van der Waals surface area contributed by atoms with Crippen molar-refractivity contribution < 1.29 is 24.2 Å². The number of nitrogens with two attached hydrogens (primary N) is 1. The largest absolute Gasteiger partial charge is 0.480 e. The van der Waals surface area contributed by atoms with Crippen molar-refractivity contribution >= 4 is 18.0 Å². The van der Waals surface area contributed by atoms with Crippen LogP contribution in [0.25, 0.3) is 0 Å². The van der Waals surface area contributed by atoms with Gasteiger partial charge in [0.2, 0.25) is 5.91 Å². The number of nitrogens with zero attached hydrogens (tertiary/aromatic N) is 1. The predicted octanol–water partition coefficient (Wildman–Crippen LogP) is 5.25. The molecule has 0 spiro atoms. The van der Waals surface area contributed by atoms with Crippen LogP contribution in [-0.2, 0) is 26.5 Å². The molecular formula is C32H30N2O5. The van der Waals surface area contributed by atoms with Crippen molar-refractivity contribution in [3.8, 4) is 0 Å². The first-order valence-corrected chi connectivity index (χ1v) is 12.5. The summed E-state index contributed by atoms with van der Waals surface area (Å²) in [6.45, 7) is 1.85. The molecule has 0 heterocycles. The van der Waals surface area contributed by atoms with Gasteiger partial charge in [0.15, 0.2) is 0 Å². The van der Waals surface area contributed by atoms with Crippen LogP contribution < -0.4 is 5.73 Å². The minimum Gasteiger partial charge on any atom is -0.480 e. The molecule has 0 saturated heterocycles. The van der Waals surface area contributed by atoms with E-state index in [1.54, 1.807) is 12.1 Å². The van der Waals surface area contributed by atoms with Crippen LogP contribution in [0, 0.1) is 6.92 Å². The van der Waals surface area contributed by atoms with Crippen LogP contribution in [0.1, 0.15) is 34.2 Å². The molecule has 4 rings (SSSR count). The fourth-order valence-corrected chi connectivity index (χ4v) is 4.84. The number of aliphatic carboxylic acids is 1. The summed E-state index contributed by atoms with van der Waals surface area (Å²) >= 11 is 0. The van der Waals surface area contributed by atoms with Crippen molar-refractivity contribution in [3.05, 3.63) is 143 Å². The van der Waals surface area contributed by atoms with Gasteiger partial charge in [-0.05, 0) is 29.2 Å². The van der Waals surface area contributed by atoms with E-state index in [1.165, 1.54) is 0 Å². The van der Waals surface area contributed by atoms with E-state index < -0.39 is 36.0 Å². The zero-order chi connectivity index (χ0) is 27.8. The Morgan fingerprint density at radius 1 is 0.769 bits per heavy atom. The maximum Gasteiger partial charge on any atom is 0.412 e. The van der Waals surface area contributed by atoms with Crippen LogP contribution in [0.2, 0.25) is 0 Å². The molecular weight excluding hydrogens is 492 g/mol. The molecule has 198 valence electrons. The van der Waals surface area contributed by atoms with Crippen LogP contribution in [0.4, 0.5) is 4.79 Å². The van der Waals surface area contributed by atoms with E-state index in [0.29, 0.717) is 16.7 Å². The van der Waals surface area contributed by atoms with Gasteiger partial charge < -0.3 is 15.6 Å². The third-order valence-corrected chi connectivity index (χ3v) is 6.61. The first-order chi connectivity index (χ1) is 18.8. The fraction of sp³-hybridized carbons (Fsp3) is 0.156. The topological polar surface area (TPSA) is 110 Å². The van der Waals surface area contributed by atoms with E-state index >= 15 is 0 Å². The van der Waals surface area contributed by atoms with E-state index in [-0.39, 0.29) is 6.61 Å². The molecule has 0 fully saturated rings. The summed E-state index contributed by atoms with van der Waals surface area (Å²) in [5, 5.41) is 10.4. The zero-order valence-electron chi connectivity index (χ0n) is 21.6. The van der Waals surface area contributed by atoms with Crippen molar-refractivity contribution in [1.29, 1.82) is 0 Å². The molecule has 3 N–H and O–H groups in total. The highest BCUT2D eigenvalue weighted by atomic mass is 16.6. The predicted molar refractivity (Wildman–Crippen MR) is 148 cm³/mol. The number of rotatable bonds is 10. The van der Waals surface area contributed by atoms with Crippen molar-refractivity contribution in [3.63, 3.8) is 0 Å². The van der Waals surface area contributed by atoms with Gasteiger partial charge in [0.05, 0.1) is 6.42 Å². The number of ether oxygens (including phenoxy) is 1. The third-order valence-electron chi connectivity index (χ3n) is 6.61. The molecule has 0 aliphatic carbocycles. The van der Waals surface area contributed by atoms with Gasteiger partial charge in [-0.3, -0.25) is 9.69 Å². The number of aryl methyl sites for hydroxylation is 1. The van der Waals surface area contributed by atoms with Crippen LogP contribution in [0.5, 0.6) is 0 Å². The van der Waals surface area contributed by atoms with E-state index in [1.807, 2.05) is 110 Å². The summed E-state index contributed by atoms with van der Waals surface area (Å²) < 4.78 is 5.77. The molecule has 0 bridgehead atoms. The summed E-state index contributed by atoms with van der Waals surface area (Å²) in [5.41, 5.74) is 7.62. The summed E-state index contributed by atoms with van der Waals surface area (Å²) in [4.78, 5) is 40.3. The second kappa shape index (κ2) is 12.1. The lowest BCUT2D eigenvalue weighted by Gasteiger charge is -2.47. The molecule has 0 radical (unpaired) electrons. The zero-order valence-corrected chi connectivity index (χ0v) is 21.6. The molecule has 0 aromatic heterocycles. The summed E-state index contributed by atoms with van der Waals surface area (Å²) in [6.07, 6.45) is -1.51. The van der Waals surface area contributed by atoms with Gasteiger partial charge in [0, 0.05) is 0 Å². The number of hydrogen-bond acceptors (Lipinski definition) is 4. The Balaban J connectivity index is 2.03. The number of carboxylic acid groups (broad SMARTS) is 1. The Hall–Kier alpha value is -4.91. The van der Waals surface area contributed by atoms with Gasteiger partial charge in [0.1, 0.15) is 18.2 Å². The van der Waals surface area contributed by atoms with Crippen molar-refractivity contribution in [2.45, 2.75) is 31.5 Å². The second-order valence-electron chi connectivity index (χ2n) is 9.24. The summed E-state index contributed by atoms with van der Waals surface area (Å²) in [6, 6.07) is 33.2. The summed E-state index contributed by atoms with van der Waals surface area (Å²) in [7, 11) is 0. The van der Waals surface area contributed by atoms with Crippen LogP contribution in [0.3, 0.4) is 0 Å². The van der Waals surface area contributed by atoms with E-state index in [4.69, 9.17) is 10.5 Å².